The molecule has 0 aliphatic carbocycles. The topological polar surface area (TPSA) is 64.6 Å². The summed E-state index contributed by atoms with van der Waals surface area (Å²) in [7, 11) is 0. The van der Waals surface area contributed by atoms with Gasteiger partial charge in [0.1, 0.15) is 13.2 Å². The molecule has 26 heavy (non-hydrogen) atoms. The van der Waals surface area contributed by atoms with Crippen LogP contribution in [0.15, 0.2) is 29.6 Å². The fraction of sp³-hybridized carbons (Fsp3) is 0.368. The monoisotopic (exact) mass is 393 g/mol. The van der Waals surface area contributed by atoms with Gasteiger partial charge in [0.25, 0.3) is 0 Å². The normalized spacial score (nSPS) is 12.7. The van der Waals surface area contributed by atoms with Crippen molar-refractivity contribution in [3.8, 4) is 11.5 Å². The molecule has 0 spiro atoms. The number of nitrogens with one attached hydrogen (secondary N) is 1. The maximum Gasteiger partial charge on any atom is 0.220 e. The number of Topliss-reactive ketones (excluding diaryl/α,β-unsaturated/α-hetero) is 1. The van der Waals surface area contributed by atoms with Crippen molar-refractivity contribution in [2.24, 2.45) is 0 Å². The summed E-state index contributed by atoms with van der Waals surface area (Å²) in [5.74, 6) is 1.28. The van der Waals surface area contributed by atoms with E-state index in [1.54, 1.807) is 0 Å². The number of carbonyl (C=O) groups is 2. The van der Waals surface area contributed by atoms with Crippen molar-refractivity contribution in [1.29, 1.82) is 0 Å². The van der Waals surface area contributed by atoms with Crippen LogP contribution >= 0.6 is 22.9 Å². The van der Waals surface area contributed by atoms with Crippen LogP contribution in [0.2, 0.25) is 5.02 Å². The third-order valence-corrected chi connectivity index (χ3v) is 5.19. The fourth-order valence-electron chi connectivity index (χ4n) is 2.71. The summed E-state index contributed by atoms with van der Waals surface area (Å²) < 4.78 is 11.0. The van der Waals surface area contributed by atoms with Crippen molar-refractivity contribution in [3.63, 3.8) is 0 Å². The van der Waals surface area contributed by atoms with E-state index in [0.717, 1.165) is 10.4 Å². The van der Waals surface area contributed by atoms with E-state index in [-0.39, 0.29) is 11.7 Å². The van der Waals surface area contributed by atoms with Gasteiger partial charge in [-0.25, -0.2) is 0 Å². The van der Waals surface area contributed by atoms with Gasteiger partial charge in [-0.2, -0.15) is 0 Å². The van der Waals surface area contributed by atoms with Crippen LogP contribution in [0.1, 0.15) is 34.5 Å². The van der Waals surface area contributed by atoms with Crippen LogP contribution in [-0.2, 0) is 11.2 Å². The van der Waals surface area contributed by atoms with Crippen LogP contribution in [0.4, 0.5) is 0 Å². The molecule has 5 nitrogen and oxygen atoms in total. The summed E-state index contributed by atoms with van der Waals surface area (Å²) in [6, 6.07) is 7.40. The first-order valence-corrected chi connectivity index (χ1v) is 9.80. The van der Waals surface area contributed by atoms with Gasteiger partial charge >= 0.3 is 0 Å². The van der Waals surface area contributed by atoms with Crippen molar-refractivity contribution in [2.45, 2.75) is 25.7 Å². The predicted molar refractivity (Wildman–Crippen MR) is 102 cm³/mol. The van der Waals surface area contributed by atoms with Gasteiger partial charge in [-0.15, -0.1) is 11.3 Å². The number of benzene rings is 1. The summed E-state index contributed by atoms with van der Waals surface area (Å²) in [5.41, 5.74) is 0.979. The zero-order chi connectivity index (χ0) is 18.4. The standard InChI is InChI=1S/C19H20ClNO4S/c20-14-11-13(12-16-19(14)25-9-8-24-16)6-7-21-18(23)5-1-3-15(22)17-4-2-10-26-17/h2,4,10-12H,1,3,5-9H2,(H,21,23). The highest BCUT2D eigenvalue weighted by Crippen LogP contribution is 2.38. The minimum atomic E-state index is -0.0485. The van der Waals surface area contributed by atoms with E-state index in [4.69, 9.17) is 21.1 Å². The number of ether oxygens (including phenoxy) is 2. The lowest BCUT2D eigenvalue weighted by atomic mass is 10.1. The number of thiophene rings is 1. The van der Waals surface area contributed by atoms with E-state index in [2.05, 4.69) is 5.32 Å². The molecule has 2 aromatic rings. The molecule has 1 amide bonds. The summed E-state index contributed by atoms with van der Waals surface area (Å²) in [4.78, 5) is 24.5. The Hall–Kier alpha value is -2.05. The van der Waals surface area contributed by atoms with Gasteiger partial charge in [0, 0.05) is 19.4 Å². The van der Waals surface area contributed by atoms with Gasteiger partial charge in [-0.3, -0.25) is 9.59 Å². The summed E-state index contributed by atoms with van der Waals surface area (Å²) in [6.07, 6.45) is 1.94. The molecule has 7 heteroatoms. The zero-order valence-electron chi connectivity index (χ0n) is 14.3. The van der Waals surface area contributed by atoms with Crippen LogP contribution in [0, 0.1) is 0 Å². The first kappa shape index (κ1) is 18.7. The maximum atomic E-state index is 11.9. The second kappa shape index (κ2) is 9.05. The number of hydrogen-bond acceptors (Lipinski definition) is 5. The van der Waals surface area contributed by atoms with Gasteiger partial charge in [0.15, 0.2) is 17.3 Å². The Morgan fingerprint density at radius 3 is 2.85 bits per heavy atom. The minimum absolute atomic E-state index is 0.0485. The zero-order valence-corrected chi connectivity index (χ0v) is 15.8. The van der Waals surface area contributed by atoms with Gasteiger partial charge < -0.3 is 14.8 Å². The van der Waals surface area contributed by atoms with E-state index < -0.39 is 0 Å². The number of ketones is 1. The fourth-order valence-corrected chi connectivity index (χ4v) is 3.70. The Kier molecular flexibility index (Phi) is 6.52. The highest BCUT2D eigenvalue weighted by molar-refractivity contribution is 7.12. The van der Waals surface area contributed by atoms with Crippen LogP contribution < -0.4 is 14.8 Å². The summed E-state index contributed by atoms with van der Waals surface area (Å²) in [6.45, 7) is 1.51. The van der Waals surface area contributed by atoms with E-state index >= 15 is 0 Å². The Labute approximate surface area is 161 Å². The SMILES string of the molecule is O=C(CCCC(=O)c1cccs1)NCCc1cc(Cl)c2c(c1)OCCO2. The first-order chi connectivity index (χ1) is 12.6. The molecule has 138 valence electrons. The predicted octanol–water partition coefficient (Wildman–Crippen LogP) is 3.88. The Balaban J connectivity index is 1.38. The third-order valence-electron chi connectivity index (χ3n) is 4.00. The largest absolute Gasteiger partial charge is 0.486 e. The average molecular weight is 394 g/mol. The number of fused-ring (bicyclic) bond motifs is 1. The van der Waals surface area contributed by atoms with Crippen LogP contribution in [0.25, 0.3) is 0 Å². The second-order valence-corrected chi connectivity index (χ2v) is 7.31. The molecular weight excluding hydrogens is 374 g/mol. The highest BCUT2D eigenvalue weighted by Gasteiger charge is 2.16. The quantitative estimate of drug-likeness (QED) is 0.691. The molecule has 0 saturated heterocycles. The lowest BCUT2D eigenvalue weighted by Gasteiger charge is -2.20. The lowest BCUT2D eigenvalue weighted by molar-refractivity contribution is -0.121. The molecule has 1 aromatic heterocycles. The van der Waals surface area contributed by atoms with E-state index in [0.29, 0.717) is 62.0 Å². The number of carbonyl (C=O) groups excluding carboxylic acids is 2. The molecule has 1 N–H and O–H groups in total. The van der Waals surface area contributed by atoms with Gasteiger partial charge in [0.2, 0.25) is 5.91 Å². The Bertz CT molecular complexity index is 776. The molecule has 3 rings (SSSR count). The number of halogens is 1. The number of amides is 1. The smallest absolute Gasteiger partial charge is 0.220 e. The number of hydrogen-bond donors (Lipinski definition) is 1. The van der Waals surface area contributed by atoms with Crippen LogP contribution in [-0.4, -0.2) is 31.4 Å². The van der Waals surface area contributed by atoms with Crippen molar-refractivity contribution in [1.82, 2.24) is 5.32 Å². The van der Waals surface area contributed by atoms with E-state index in [9.17, 15) is 9.59 Å². The van der Waals surface area contributed by atoms with Gasteiger partial charge in [-0.1, -0.05) is 17.7 Å². The van der Waals surface area contributed by atoms with Crippen LogP contribution in [0.5, 0.6) is 11.5 Å². The van der Waals surface area contributed by atoms with Crippen LogP contribution in [0.3, 0.4) is 0 Å². The molecule has 0 radical (unpaired) electrons. The van der Waals surface area contributed by atoms with E-state index in [1.165, 1.54) is 11.3 Å². The first-order valence-electron chi connectivity index (χ1n) is 8.55. The van der Waals surface area contributed by atoms with Crippen molar-refractivity contribution in [2.75, 3.05) is 19.8 Å². The number of rotatable bonds is 8. The molecule has 0 atom stereocenters. The third kappa shape index (κ3) is 4.99. The molecule has 0 fully saturated rings. The highest BCUT2D eigenvalue weighted by atomic mass is 35.5. The minimum Gasteiger partial charge on any atom is -0.486 e. The molecule has 1 aliphatic rings. The molecule has 0 saturated carbocycles. The average Bonchev–Trinajstić information content (AvgIpc) is 3.16. The molecule has 0 unspecified atom stereocenters. The Morgan fingerprint density at radius 1 is 1.19 bits per heavy atom. The summed E-state index contributed by atoms with van der Waals surface area (Å²) in [5, 5.41) is 5.28. The Morgan fingerprint density at radius 2 is 2.04 bits per heavy atom. The van der Waals surface area contributed by atoms with Crippen molar-refractivity contribution in [3.05, 3.63) is 45.1 Å². The molecule has 1 aliphatic heterocycles. The molecule has 0 bridgehead atoms. The van der Waals surface area contributed by atoms with E-state index in [1.807, 2.05) is 29.6 Å². The molecular formula is C19H20ClNO4S. The summed E-state index contributed by atoms with van der Waals surface area (Å²) >= 11 is 7.64. The van der Waals surface area contributed by atoms with Crippen molar-refractivity contribution < 1.29 is 19.1 Å². The second-order valence-electron chi connectivity index (χ2n) is 5.96. The van der Waals surface area contributed by atoms with Crippen molar-refractivity contribution >= 4 is 34.6 Å². The molecule has 2 heterocycles. The maximum absolute atomic E-state index is 11.9. The van der Waals surface area contributed by atoms with Gasteiger partial charge in [0.05, 0.1) is 9.90 Å². The lowest BCUT2D eigenvalue weighted by Crippen LogP contribution is -2.25. The molecule has 1 aromatic carbocycles. The van der Waals surface area contributed by atoms with Gasteiger partial charge in [-0.05, 0) is 42.0 Å².